The van der Waals surface area contributed by atoms with Gasteiger partial charge in [0.05, 0.1) is 11.0 Å². The third-order valence-electron chi connectivity index (χ3n) is 10.9. The van der Waals surface area contributed by atoms with Gasteiger partial charge in [0.1, 0.15) is 6.61 Å². The van der Waals surface area contributed by atoms with Crippen molar-refractivity contribution in [2.75, 3.05) is 6.61 Å². The van der Waals surface area contributed by atoms with Crippen molar-refractivity contribution in [1.82, 2.24) is 4.90 Å². The minimum Gasteiger partial charge on any atom is -0.476 e. The second kappa shape index (κ2) is 6.42. The van der Waals surface area contributed by atoms with Gasteiger partial charge in [0.25, 0.3) is 0 Å². The van der Waals surface area contributed by atoms with Gasteiger partial charge in [0, 0.05) is 11.5 Å². The monoisotopic (exact) mass is 437 g/mol. The van der Waals surface area contributed by atoms with Crippen LogP contribution in [-0.4, -0.2) is 28.7 Å². The fourth-order valence-electron chi connectivity index (χ4n) is 10.4. The molecule has 0 aromatic carbocycles. The number of allylic oxidation sites excluding steroid dienone is 1. The minimum atomic E-state index is -0.381. The Morgan fingerprint density at radius 1 is 0.750 bits per heavy atom. The van der Waals surface area contributed by atoms with Gasteiger partial charge in [0.2, 0.25) is 5.91 Å². The van der Waals surface area contributed by atoms with Crippen LogP contribution in [-0.2, 0) is 14.3 Å². The molecule has 0 unspecified atom stereocenters. The zero-order valence-electron chi connectivity index (χ0n) is 19.9. The first-order chi connectivity index (χ1) is 15.2. The third-order valence-corrected chi connectivity index (χ3v) is 10.9. The number of carbonyl (C=O) groups excluding carboxylic acids is 2. The first-order valence-corrected chi connectivity index (χ1v) is 13.5. The van der Waals surface area contributed by atoms with Crippen molar-refractivity contribution in [2.45, 2.75) is 96.4 Å². The maximum atomic E-state index is 14.2. The molecule has 1 saturated heterocycles. The molecule has 0 aromatic heterocycles. The van der Waals surface area contributed by atoms with Crippen LogP contribution >= 0.6 is 0 Å². The minimum absolute atomic E-state index is 0.173. The summed E-state index contributed by atoms with van der Waals surface area (Å²) in [4.78, 5) is 30.0. The average molecular weight is 438 g/mol. The molecule has 0 spiro atoms. The van der Waals surface area contributed by atoms with Crippen LogP contribution in [0.1, 0.15) is 90.9 Å². The van der Waals surface area contributed by atoms with Gasteiger partial charge < -0.3 is 4.74 Å². The van der Waals surface area contributed by atoms with Crippen LogP contribution in [0.4, 0.5) is 0 Å². The van der Waals surface area contributed by atoms with E-state index in [4.69, 9.17) is 4.74 Å². The lowest BCUT2D eigenvalue weighted by molar-refractivity contribution is -0.159. The van der Waals surface area contributed by atoms with Crippen molar-refractivity contribution in [3.05, 3.63) is 12.0 Å². The van der Waals surface area contributed by atoms with Gasteiger partial charge in [-0.05, 0) is 126 Å². The highest BCUT2D eigenvalue weighted by Gasteiger charge is 2.59. The van der Waals surface area contributed by atoms with E-state index >= 15 is 0 Å². The lowest BCUT2D eigenvalue weighted by atomic mass is 9.48. The summed E-state index contributed by atoms with van der Waals surface area (Å²) in [5.74, 6) is 5.53. The van der Waals surface area contributed by atoms with E-state index in [2.05, 4.69) is 13.8 Å². The van der Waals surface area contributed by atoms with E-state index in [9.17, 15) is 9.59 Å². The molecular formula is C28H39NO3. The Balaban J connectivity index is 1.20. The van der Waals surface area contributed by atoms with Crippen LogP contribution in [0.25, 0.3) is 0 Å². The van der Waals surface area contributed by atoms with Gasteiger partial charge in [-0.3, -0.25) is 14.5 Å². The lowest BCUT2D eigenvalue weighted by Gasteiger charge is -2.57. The smallest absolute Gasteiger partial charge is 0.236 e. The molecule has 9 aliphatic rings. The van der Waals surface area contributed by atoms with Crippen LogP contribution in [0.15, 0.2) is 12.0 Å². The molecule has 4 nitrogen and oxygen atoms in total. The molecule has 0 atom stereocenters. The van der Waals surface area contributed by atoms with E-state index in [1.54, 1.807) is 6.08 Å². The Morgan fingerprint density at radius 3 is 1.59 bits per heavy atom. The molecule has 9 rings (SSSR count). The molecule has 8 bridgehead atoms. The largest absolute Gasteiger partial charge is 0.476 e. The number of hydrogen-bond donors (Lipinski definition) is 0. The topological polar surface area (TPSA) is 46.6 Å². The van der Waals surface area contributed by atoms with Crippen molar-refractivity contribution in [2.24, 2.45) is 46.3 Å². The van der Waals surface area contributed by atoms with Crippen LogP contribution in [0.2, 0.25) is 0 Å². The zero-order chi connectivity index (χ0) is 21.9. The lowest BCUT2D eigenvalue weighted by Crippen LogP contribution is -2.57. The molecule has 0 N–H and O–H groups in total. The van der Waals surface area contributed by atoms with E-state index in [-0.39, 0.29) is 28.1 Å². The van der Waals surface area contributed by atoms with E-state index in [1.807, 2.05) is 4.90 Å². The number of amides is 1. The van der Waals surface area contributed by atoms with E-state index in [1.165, 1.54) is 38.5 Å². The van der Waals surface area contributed by atoms with Crippen LogP contribution < -0.4 is 0 Å². The van der Waals surface area contributed by atoms with Gasteiger partial charge in [0.15, 0.2) is 11.7 Å². The second-order valence-corrected chi connectivity index (χ2v) is 14.0. The molecular weight excluding hydrogens is 398 g/mol. The number of carbonyl (C=O) groups is 2. The highest BCUT2D eigenvalue weighted by atomic mass is 16.5. The number of nitrogens with zero attached hydrogens (tertiary/aromatic N) is 1. The Morgan fingerprint density at radius 2 is 1.16 bits per heavy atom. The SMILES string of the molecule is CC1(C)CO/C(=C\C(=O)C23CC4CC(CC(C4)C2)C3)N1C(=O)C12CC3CC(CC(C3)C1)C2. The first-order valence-electron chi connectivity index (χ1n) is 13.5. The summed E-state index contributed by atoms with van der Waals surface area (Å²) in [6, 6.07) is 0. The van der Waals surface area contributed by atoms with Crippen LogP contribution in [0.5, 0.6) is 0 Å². The second-order valence-electron chi connectivity index (χ2n) is 14.0. The van der Waals surface area contributed by atoms with E-state index in [0.717, 1.165) is 74.0 Å². The van der Waals surface area contributed by atoms with Crippen molar-refractivity contribution >= 4 is 11.7 Å². The van der Waals surface area contributed by atoms with Crippen LogP contribution in [0, 0.1) is 46.3 Å². The highest BCUT2D eigenvalue weighted by molar-refractivity contribution is 5.96. The quantitative estimate of drug-likeness (QED) is 0.550. The molecule has 1 heterocycles. The van der Waals surface area contributed by atoms with Gasteiger partial charge in [-0.25, -0.2) is 0 Å². The fourth-order valence-corrected chi connectivity index (χ4v) is 10.4. The van der Waals surface area contributed by atoms with E-state index < -0.39 is 0 Å². The summed E-state index contributed by atoms with van der Waals surface area (Å²) < 4.78 is 6.14. The predicted octanol–water partition coefficient (Wildman–Crippen LogP) is 5.47. The standard InChI is InChI=1S/C28H39NO3/c1-26(2)16-32-24(9-23(30)27-10-17-3-18(11-27)5-19(4-17)12-27)29(26)25(31)28-13-20-6-21(14-28)8-22(7-20)15-28/h9,17-22H,3-8,10-16H2,1-2H3/b24-9-. The summed E-state index contributed by atoms with van der Waals surface area (Å²) in [6.45, 7) is 4.72. The summed E-state index contributed by atoms with van der Waals surface area (Å²) in [6.07, 6.45) is 16.1. The van der Waals surface area contributed by atoms with Crippen molar-refractivity contribution in [3.8, 4) is 0 Å². The maximum absolute atomic E-state index is 14.2. The Labute approximate surface area is 192 Å². The normalized spacial score (nSPS) is 50.8. The Bertz CT molecular complexity index is 828. The fraction of sp³-hybridized carbons (Fsp3) is 0.857. The maximum Gasteiger partial charge on any atom is 0.236 e. The molecule has 1 amide bonds. The Hall–Kier alpha value is -1.32. The molecule has 4 heteroatoms. The molecule has 8 saturated carbocycles. The average Bonchev–Trinajstić information content (AvgIpc) is 2.99. The number of hydrogen-bond acceptors (Lipinski definition) is 3. The molecule has 9 fully saturated rings. The molecule has 1 aliphatic heterocycles. The van der Waals surface area contributed by atoms with Crippen molar-refractivity contribution in [1.29, 1.82) is 0 Å². The van der Waals surface area contributed by atoms with Gasteiger partial charge >= 0.3 is 0 Å². The number of ether oxygens (including phenoxy) is 1. The first kappa shape index (κ1) is 20.1. The van der Waals surface area contributed by atoms with E-state index in [0.29, 0.717) is 12.5 Å². The van der Waals surface area contributed by atoms with Crippen LogP contribution in [0.3, 0.4) is 0 Å². The summed E-state index contributed by atoms with van der Waals surface area (Å²) >= 11 is 0. The predicted molar refractivity (Wildman–Crippen MR) is 121 cm³/mol. The summed E-state index contributed by atoms with van der Waals surface area (Å²) in [7, 11) is 0. The molecule has 8 aliphatic carbocycles. The van der Waals surface area contributed by atoms with Crippen molar-refractivity contribution in [3.63, 3.8) is 0 Å². The van der Waals surface area contributed by atoms with Gasteiger partial charge in [-0.1, -0.05) is 0 Å². The number of ketones is 1. The molecule has 0 radical (unpaired) electrons. The Kier molecular flexibility index (Phi) is 4.03. The van der Waals surface area contributed by atoms with Gasteiger partial charge in [-0.15, -0.1) is 0 Å². The zero-order valence-corrected chi connectivity index (χ0v) is 19.9. The number of rotatable bonds is 3. The summed E-state index contributed by atoms with van der Waals surface area (Å²) in [5, 5.41) is 0. The molecule has 32 heavy (non-hydrogen) atoms. The molecule has 0 aromatic rings. The summed E-state index contributed by atoms with van der Waals surface area (Å²) in [5.41, 5.74) is -0.760. The van der Waals surface area contributed by atoms with Crippen molar-refractivity contribution < 1.29 is 14.3 Å². The molecule has 174 valence electrons. The highest BCUT2D eigenvalue weighted by Crippen LogP contribution is 2.62. The van der Waals surface area contributed by atoms with Gasteiger partial charge in [-0.2, -0.15) is 0 Å². The third kappa shape index (κ3) is 2.79.